The minimum Gasteiger partial charge on any atom is -0.465 e. The summed E-state index contributed by atoms with van der Waals surface area (Å²) in [6.07, 6.45) is 0.708. The summed E-state index contributed by atoms with van der Waals surface area (Å²) in [6, 6.07) is 1.17. The maximum atomic E-state index is 13.1. The lowest BCUT2D eigenvalue weighted by atomic mass is 9.93. The molecule has 0 saturated carbocycles. The average molecular weight is 288 g/mol. The molecule has 0 bridgehead atoms. The Morgan fingerprint density at radius 2 is 1.70 bits per heavy atom. The van der Waals surface area contributed by atoms with E-state index in [1.807, 2.05) is 0 Å². The molecule has 0 heterocycles. The van der Waals surface area contributed by atoms with E-state index >= 15 is 0 Å². The third kappa shape index (κ3) is 3.59. The molecule has 0 aliphatic rings. The van der Waals surface area contributed by atoms with Crippen LogP contribution in [-0.2, 0) is 9.53 Å². The van der Waals surface area contributed by atoms with Crippen LogP contribution in [0.15, 0.2) is 12.1 Å². The van der Waals surface area contributed by atoms with Gasteiger partial charge in [0.15, 0.2) is 23.2 Å². The topological polar surface area (TPSA) is 43.4 Å². The van der Waals surface area contributed by atoms with E-state index in [9.17, 15) is 22.8 Å². The van der Waals surface area contributed by atoms with Crippen molar-refractivity contribution in [3.05, 3.63) is 35.1 Å². The van der Waals surface area contributed by atoms with E-state index in [0.717, 1.165) is 0 Å². The quantitative estimate of drug-likeness (QED) is 0.349. The van der Waals surface area contributed by atoms with Crippen molar-refractivity contribution in [3.8, 4) is 0 Å². The molecule has 0 saturated heterocycles. The van der Waals surface area contributed by atoms with Crippen molar-refractivity contribution in [1.82, 2.24) is 0 Å². The van der Waals surface area contributed by atoms with E-state index in [1.54, 1.807) is 13.8 Å². The first-order chi connectivity index (χ1) is 9.42. The van der Waals surface area contributed by atoms with Crippen molar-refractivity contribution in [2.45, 2.75) is 26.7 Å². The van der Waals surface area contributed by atoms with E-state index in [1.165, 1.54) is 0 Å². The van der Waals surface area contributed by atoms with Gasteiger partial charge < -0.3 is 4.74 Å². The van der Waals surface area contributed by atoms with Crippen LogP contribution in [0.3, 0.4) is 0 Å². The molecule has 1 rings (SSSR count). The summed E-state index contributed by atoms with van der Waals surface area (Å²) in [5, 5.41) is 0. The van der Waals surface area contributed by atoms with Gasteiger partial charge in [0.2, 0.25) is 0 Å². The van der Waals surface area contributed by atoms with Gasteiger partial charge >= 0.3 is 5.97 Å². The zero-order chi connectivity index (χ0) is 15.3. The minimum absolute atomic E-state index is 0.0957. The Bertz CT molecular complexity index is 491. The summed E-state index contributed by atoms with van der Waals surface area (Å²) in [5.41, 5.74) is -0.382. The maximum absolute atomic E-state index is 13.1. The van der Waals surface area contributed by atoms with Crippen LogP contribution >= 0.6 is 0 Å². The Morgan fingerprint density at radius 3 is 2.15 bits per heavy atom. The molecule has 0 aromatic heterocycles. The van der Waals surface area contributed by atoms with Crippen LogP contribution in [0.1, 0.15) is 37.0 Å². The number of hydrogen-bond donors (Lipinski definition) is 0. The lowest BCUT2D eigenvalue weighted by Crippen LogP contribution is -2.26. The molecular formula is C14H15F3O3. The molecule has 1 aromatic rings. The second-order valence-electron chi connectivity index (χ2n) is 4.21. The van der Waals surface area contributed by atoms with E-state index in [0.29, 0.717) is 18.6 Å². The zero-order valence-electron chi connectivity index (χ0n) is 11.2. The molecule has 0 radical (unpaired) electrons. The monoisotopic (exact) mass is 288 g/mol. The van der Waals surface area contributed by atoms with Crippen LogP contribution in [0.2, 0.25) is 0 Å². The van der Waals surface area contributed by atoms with Crippen LogP contribution in [-0.4, -0.2) is 18.4 Å². The molecule has 0 amide bonds. The summed E-state index contributed by atoms with van der Waals surface area (Å²) in [4.78, 5) is 23.8. The van der Waals surface area contributed by atoms with Gasteiger partial charge in [-0.05, 0) is 25.5 Å². The van der Waals surface area contributed by atoms with Gasteiger partial charge in [-0.1, -0.05) is 13.3 Å². The first kappa shape index (κ1) is 16.2. The molecule has 1 atom stereocenters. The fraction of sp³-hybridized carbons (Fsp3) is 0.429. The van der Waals surface area contributed by atoms with Crippen LogP contribution in [0, 0.1) is 23.4 Å². The summed E-state index contributed by atoms with van der Waals surface area (Å²) < 4.78 is 43.8. The van der Waals surface area contributed by atoms with Gasteiger partial charge in [0, 0.05) is 5.56 Å². The molecule has 3 nitrogen and oxygen atoms in total. The molecular weight excluding hydrogens is 273 g/mol. The Hall–Kier alpha value is -1.85. The number of esters is 1. The number of rotatable bonds is 6. The Balaban J connectivity index is 3.09. The molecule has 110 valence electrons. The van der Waals surface area contributed by atoms with Crippen molar-refractivity contribution < 1.29 is 27.5 Å². The van der Waals surface area contributed by atoms with Gasteiger partial charge in [0.05, 0.1) is 6.61 Å². The average Bonchev–Trinajstić information content (AvgIpc) is 2.41. The third-order valence-electron chi connectivity index (χ3n) is 2.73. The number of carbonyl (C=O) groups is 2. The first-order valence-electron chi connectivity index (χ1n) is 6.27. The highest BCUT2D eigenvalue weighted by Crippen LogP contribution is 2.20. The van der Waals surface area contributed by atoms with Crippen molar-refractivity contribution in [3.63, 3.8) is 0 Å². The zero-order valence-corrected chi connectivity index (χ0v) is 11.2. The first-order valence-corrected chi connectivity index (χ1v) is 6.27. The van der Waals surface area contributed by atoms with E-state index < -0.39 is 35.1 Å². The smallest absolute Gasteiger partial charge is 0.316 e. The van der Waals surface area contributed by atoms with Gasteiger partial charge in [-0.3, -0.25) is 9.59 Å². The summed E-state index contributed by atoms with van der Waals surface area (Å²) >= 11 is 0. The Morgan fingerprint density at radius 1 is 1.15 bits per heavy atom. The van der Waals surface area contributed by atoms with Gasteiger partial charge in [0.25, 0.3) is 0 Å². The molecule has 1 aromatic carbocycles. The standard InChI is InChI=1S/C14H15F3O3/c1-3-5-9(14(19)20-4-2)13(18)8-6-10(15)12(17)11(16)7-8/h6-7,9H,3-5H2,1-2H3. The van der Waals surface area contributed by atoms with E-state index in [-0.39, 0.29) is 18.6 Å². The maximum Gasteiger partial charge on any atom is 0.316 e. The van der Waals surface area contributed by atoms with Gasteiger partial charge in [-0.25, -0.2) is 13.2 Å². The van der Waals surface area contributed by atoms with Gasteiger partial charge in [0.1, 0.15) is 5.92 Å². The molecule has 6 heteroatoms. The second kappa shape index (κ2) is 7.07. The summed E-state index contributed by atoms with van der Waals surface area (Å²) in [6.45, 7) is 3.44. The third-order valence-corrected chi connectivity index (χ3v) is 2.73. The summed E-state index contributed by atoms with van der Waals surface area (Å²) in [5.74, 6) is -7.23. The molecule has 20 heavy (non-hydrogen) atoms. The van der Waals surface area contributed by atoms with Crippen LogP contribution < -0.4 is 0 Å². The number of ether oxygens (including phenoxy) is 1. The molecule has 0 N–H and O–H groups in total. The molecule has 0 aliphatic carbocycles. The fourth-order valence-corrected chi connectivity index (χ4v) is 1.79. The van der Waals surface area contributed by atoms with Gasteiger partial charge in [-0.15, -0.1) is 0 Å². The molecule has 0 aliphatic heterocycles. The SMILES string of the molecule is CCCC(C(=O)OCC)C(=O)c1cc(F)c(F)c(F)c1. The van der Waals surface area contributed by atoms with Crippen molar-refractivity contribution in [2.75, 3.05) is 6.61 Å². The van der Waals surface area contributed by atoms with Crippen LogP contribution in [0.5, 0.6) is 0 Å². The van der Waals surface area contributed by atoms with Crippen LogP contribution in [0.25, 0.3) is 0 Å². The second-order valence-corrected chi connectivity index (χ2v) is 4.21. The predicted molar refractivity (Wildman–Crippen MR) is 65.7 cm³/mol. The lowest BCUT2D eigenvalue weighted by Gasteiger charge is -2.14. The predicted octanol–water partition coefficient (Wildman–Crippen LogP) is 3.27. The molecule has 0 spiro atoms. The van der Waals surface area contributed by atoms with E-state index in [2.05, 4.69) is 0 Å². The highest BCUT2D eigenvalue weighted by atomic mass is 19.2. The largest absolute Gasteiger partial charge is 0.465 e. The molecule has 1 unspecified atom stereocenters. The Kier molecular flexibility index (Phi) is 5.73. The van der Waals surface area contributed by atoms with Crippen molar-refractivity contribution in [1.29, 1.82) is 0 Å². The van der Waals surface area contributed by atoms with Gasteiger partial charge in [-0.2, -0.15) is 0 Å². The lowest BCUT2D eigenvalue weighted by molar-refractivity contribution is -0.146. The number of carbonyl (C=O) groups excluding carboxylic acids is 2. The number of ketones is 1. The van der Waals surface area contributed by atoms with Crippen molar-refractivity contribution >= 4 is 11.8 Å². The fourth-order valence-electron chi connectivity index (χ4n) is 1.79. The van der Waals surface area contributed by atoms with Crippen LogP contribution in [0.4, 0.5) is 13.2 Å². The van der Waals surface area contributed by atoms with E-state index in [4.69, 9.17) is 4.74 Å². The number of halogens is 3. The number of hydrogen-bond acceptors (Lipinski definition) is 3. The number of Topliss-reactive ketones (excluding diaryl/α,β-unsaturated/α-hetero) is 1. The molecule has 0 fully saturated rings. The van der Waals surface area contributed by atoms with Crippen molar-refractivity contribution in [2.24, 2.45) is 5.92 Å². The highest BCUT2D eigenvalue weighted by molar-refractivity contribution is 6.08. The normalized spacial score (nSPS) is 12.1. The number of benzene rings is 1. The Labute approximate surface area is 114 Å². The highest BCUT2D eigenvalue weighted by Gasteiger charge is 2.29. The summed E-state index contributed by atoms with van der Waals surface area (Å²) in [7, 11) is 0. The minimum atomic E-state index is -1.65.